The first-order valence-corrected chi connectivity index (χ1v) is 8.36. The molecule has 1 aliphatic rings. The molecule has 1 N–H and O–H groups in total. The minimum Gasteiger partial charge on any atom is -0.375 e. The third kappa shape index (κ3) is 3.50. The molecular weight excluding hydrogens is 308 g/mol. The molecule has 23 heavy (non-hydrogen) atoms. The number of hydrogen-bond acceptors (Lipinski definition) is 2. The number of likely N-dealkylation sites (N-methyl/N-ethyl adjacent to an activating group) is 1. The number of fused-ring (bicyclic) bond motifs is 1. The van der Waals surface area contributed by atoms with Gasteiger partial charge in [0.1, 0.15) is 0 Å². The Labute approximate surface area is 142 Å². The molecule has 1 aliphatic carbocycles. The Bertz CT molecular complexity index is 701. The zero-order valence-electron chi connectivity index (χ0n) is 13.3. The normalized spacial score (nSPS) is 16.5. The van der Waals surface area contributed by atoms with Crippen molar-refractivity contribution in [2.45, 2.75) is 25.3 Å². The van der Waals surface area contributed by atoms with Gasteiger partial charge in [0.05, 0.1) is 23.3 Å². The topological polar surface area (TPSA) is 32.3 Å². The van der Waals surface area contributed by atoms with Crippen LogP contribution in [0.25, 0.3) is 0 Å². The molecule has 0 heterocycles. The van der Waals surface area contributed by atoms with Crippen molar-refractivity contribution in [2.75, 3.05) is 18.9 Å². The molecule has 0 bridgehead atoms. The quantitative estimate of drug-likeness (QED) is 0.908. The SMILES string of the molecule is CN(C(=O)CNc1ccccc1Cl)C1CCCc2ccccc21. The van der Waals surface area contributed by atoms with E-state index in [9.17, 15) is 4.79 Å². The summed E-state index contributed by atoms with van der Waals surface area (Å²) in [4.78, 5) is 14.4. The van der Waals surface area contributed by atoms with Crippen LogP contribution in [-0.4, -0.2) is 24.4 Å². The molecule has 1 unspecified atom stereocenters. The summed E-state index contributed by atoms with van der Waals surface area (Å²) in [6.07, 6.45) is 3.25. The third-order valence-electron chi connectivity index (χ3n) is 4.50. The lowest BCUT2D eigenvalue weighted by Crippen LogP contribution is -2.37. The first-order chi connectivity index (χ1) is 11.2. The number of rotatable bonds is 4. The fourth-order valence-corrected chi connectivity index (χ4v) is 3.41. The van der Waals surface area contributed by atoms with E-state index in [0.29, 0.717) is 5.02 Å². The van der Waals surface area contributed by atoms with E-state index in [1.807, 2.05) is 36.2 Å². The van der Waals surface area contributed by atoms with Crippen LogP contribution < -0.4 is 5.32 Å². The number of anilines is 1. The maximum absolute atomic E-state index is 12.6. The fourth-order valence-electron chi connectivity index (χ4n) is 3.20. The van der Waals surface area contributed by atoms with Gasteiger partial charge in [0.25, 0.3) is 0 Å². The molecule has 2 aromatic carbocycles. The van der Waals surface area contributed by atoms with Crippen molar-refractivity contribution in [1.29, 1.82) is 0 Å². The highest BCUT2D eigenvalue weighted by Crippen LogP contribution is 2.33. The molecule has 0 saturated heterocycles. The zero-order valence-corrected chi connectivity index (χ0v) is 14.0. The van der Waals surface area contributed by atoms with Crippen LogP contribution in [0.3, 0.4) is 0 Å². The van der Waals surface area contributed by atoms with Crippen LogP contribution in [0.2, 0.25) is 5.02 Å². The molecule has 0 aliphatic heterocycles. The number of halogens is 1. The van der Waals surface area contributed by atoms with Crippen molar-refractivity contribution < 1.29 is 4.79 Å². The van der Waals surface area contributed by atoms with Crippen LogP contribution in [0.1, 0.15) is 30.0 Å². The van der Waals surface area contributed by atoms with Crippen molar-refractivity contribution in [1.82, 2.24) is 4.90 Å². The summed E-state index contributed by atoms with van der Waals surface area (Å²) >= 11 is 6.12. The molecule has 1 amide bonds. The lowest BCUT2D eigenvalue weighted by atomic mass is 9.87. The largest absolute Gasteiger partial charge is 0.375 e. The van der Waals surface area contributed by atoms with Gasteiger partial charge in [-0.05, 0) is 42.5 Å². The molecule has 0 saturated carbocycles. The Morgan fingerprint density at radius 2 is 1.96 bits per heavy atom. The van der Waals surface area contributed by atoms with Gasteiger partial charge in [0, 0.05) is 7.05 Å². The minimum atomic E-state index is 0.0756. The van der Waals surface area contributed by atoms with Gasteiger partial charge in [-0.3, -0.25) is 4.79 Å². The number of hydrogen-bond donors (Lipinski definition) is 1. The number of nitrogens with zero attached hydrogens (tertiary/aromatic N) is 1. The number of para-hydroxylation sites is 1. The lowest BCUT2D eigenvalue weighted by molar-refractivity contribution is -0.130. The Morgan fingerprint density at radius 3 is 2.78 bits per heavy atom. The van der Waals surface area contributed by atoms with Gasteiger partial charge in [-0.25, -0.2) is 0 Å². The highest BCUT2D eigenvalue weighted by atomic mass is 35.5. The highest BCUT2D eigenvalue weighted by Gasteiger charge is 2.26. The Morgan fingerprint density at radius 1 is 1.22 bits per heavy atom. The molecule has 3 rings (SSSR count). The Kier molecular flexibility index (Phi) is 4.87. The summed E-state index contributed by atoms with van der Waals surface area (Å²) in [6.45, 7) is 0.249. The van der Waals surface area contributed by atoms with Crippen LogP contribution in [-0.2, 0) is 11.2 Å². The standard InChI is InChI=1S/C19H21ClN2O/c1-22(18-12-6-8-14-7-2-3-9-15(14)18)19(23)13-21-17-11-5-4-10-16(17)20/h2-5,7,9-11,18,21H,6,8,12-13H2,1H3. The average Bonchev–Trinajstić information content (AvgIpc) is 2.59. The summed E-state index contributed by atoms with van der Waals surface area (Å²) < 4.78 is 0. The number of carbonyl (C=O) groups excluding carboxylic acids is 1. The third-order valence-corrected chi connectivity index (χ3v) is 4.83. The molecule has 0 aromatic heterocycles. The van der Waals surface area contributed by atoms with E-state index in [0.717, 1.165) is 24.9 Å². The molecule has 1 atom stereocenters. The molecular formula is C19H21ClN2O. The van der Waals surface area contributed by atoms with Gasteiger partial charge < -0.3 is 10.2 Å². The first kappa shape index (κ1) is 15.9. The number of amides is 1. The highest BCUT2D eigenvalue weighted by molar-refractivity contribution is 6.33. The molecule has 0 spiro atoms. The van der Waals surface area contributed by atoms with E-state index in [1.54, 1.807) is 0 Å². The van der Waals surface area contributed by atoms with Crippen molar-refractivity contribution in [3.63, 3.8) is 0 Å². The minimum absolute atomic E-state index is 0.0756. The Hall–Kier alpha value is -2.00. The molecule has 3 nitrogen and oxygen atoms in total. The first-order valence-electron chi connectivity index (χ1n) is 7.98. The molecule has 0 fully saturated rings. The predicted octanol–water partition coefficient (Wildman–Crippen LogP) is 4.29. The summed E-state index contributed by atoms with van der Waals surface area (Å²) in [7, 11) is 1.89. The van der Waals surface area contributed by atoms with Gasteiger partial charge in [-0.1, -0.05) is 48.0 Å². The second kappa shape index (κ2) is 7.05. The van der Waals surface area contributed by atoms with Gasteiger partial charge in [0.15, 0.2) is 0 Å². The maximum Gasteiger partial charge on any atom is 0.242 e. The van der Waals surface area contributed by atoms with Gasteiger partial charge in [-0.15, -0.1) is 0 Å². The number of carbonyl (C=O) groups is 1. The van der Waals surface area contributed by atoms with E-state index < -0.39 is 0 Å². The van der Waals surface area contributed by atoms with E-state index in [1.165, 1.54) is 11.1 Å². The number of nitrogens with one attached hydrogen (secondary N) is 1. The smallest absolute Gasteiger partial charge is 0.242 e. The monoisotopic (exact) mass is 328 g/mol. The van der Waals surface area contributed by atoms with Crippen molar-refractivity contribution >= 4 is 23.2 Å². The van der Waals surface area contributed by atoms with Crippen LogP contribution in [0.15, 0.2) is 48.5 Å². The zero-order chi connectivity index (χ0) is 16.2. The van der Waals surface area contributed by atoms with Crippen molar-refractivity contribution in [2.24, 2.45) is 0 Å². The van der Waals surface area contributed by atoms with Crippen molar-refractivity contribution in [3.8, 4) is 0 Å². The summed E-state index contributed by atoms with van der Waals surface area (Å²) in [5.41, 5.74) is 3.44. The van der Waals surface area contributed by atoms with Crippen molar-refractivity contribution in [3.05, 3.63) is 64.7 Å². The van der Waals surface area contributed by atoms with Gasteiger partial charge >= 0.3 is 0 Å². The second-order valence-electron chi connectivity index (χ2n) is 5.94. The predicted molar refractivity (Wildman–Crippen MR) is 94.8 cm³/mol. The van der Waals surface area contributed by atoms with Crippen LogP contribution >= 0.6 is 11.6 Å². The Balaban J connectivity index is 1.68. The van der Waals surface area contributed by atoms with E-state index >= 15 is 0 Å². The van der Waals surface area contributed by atoms with E-state index in [2.05, 4.69) is 29.6 Å². The number of aryl methyl sites for hydroxylation is 1. The van der Waals surface area contributed by atoms with E-state index in [-0.39, 0.29) is 18.5 Å². The summed E-state index contributed by atoms with van der Waals surface area (Å²) in [5.74, 6) is 0.0756. The molecule has 0 radical (unpaired) electrons. The molecule has 2 aromatic rings. The van der Waals surface area contributed by atoms with Crippen LogP contribution in [0, 0.1) is 0 Å². The second-order valence-corrected chi connectivity index (χ2v) is 6.35. The average molecular weight is 329 g/mol. The van der Waals surface area contributed by atoms with Crippen LogP contribution in [0.4, 0.5) is 5.69 Å². The lowest BCUT2D eigenvalue weighted by Gasteiger charge is -2.33. The molecule has 120 valence electrons. The number of benzene rings is 2. The van der Waals surface area contributed by atoms with Gasteiger partial charge in [-0.2, -0.15) is 0 Å². The van der Waals surface area contributed by atoms with Gasteiger partial charge in [0.2, 0.25) is 5.91 Å². The maximum atomic E-state index is 12.6. The summed E-state index contributed by atoms with van der Waals surface area (Å²) in [5, 5.41) is 3.76. The molecule has 4 heteroatoms. The van der Waals surface area contributed by atoms with E-state index in [4.69, 9.17) is 11.6 Å². The van der Waals surface area contributed by atoms with Crippen LogP contribution in [0.5, 0.6) is 0 Å². The fraction of sp³-hybridized carbons (Fsp3) is 0.316. The summed E-state index contributed by atoms with van der Waals surface area (Å²) in [6, 6.07) is 16.1.